The van der Waals surface area contributed by atoms with E-state index in [4.69, 9.17) is 0 Å². The highest BCUT2D eigenvalue weighted by Crippen LogP contribution is 2.11. The molecule has 1 aromatic rings. The molecule has 0 saturated heterocycles. The van der Waals surface area contributed by atoms with E-state index in [1.165, 1.54) is 5.56 Å². The first-order valence-electron chi connectivity index (χ1n) is 6.41. The average molecular weight is 247 g/mol. The first-order chi connectivity index (χ1) is 8.53. The van der Waals surface area contributed by atoms with Crippen molar-refractivity contribution >= 4 is 5.91 Å². The number of carbonyl (C=O) groups excluding carboxylic acids is 1. The number of amides is 1. The Bertz CT molecular complexity index is 408. The third-order valence-corrected chi connectivity index (χ3v) is 3.27. The number of rotatable bonds is 6. The Morgan fingerprint density at radius 3 is 2.22 bits per heavy atom. The molecule has 0 radical (unpaired) electrons. The van der Waals surface area contributed by atoms with Gasteiger partial charge in [-0.3, -0.25) is 4.79 Å². The molecule has 0 spiro atoms. The number of hydrogen-bond donors (Lipinski definition) is 1. The molecule has 3 nitrogen and oxygen atoms in total. The second-order valence-corrected chi connectivity index (χ2v) is 4.64. The number of hydrogen-bond acceptors (Lipinski definition) is 1. The van der Waals surface area contributed by atoms with Crippen LogP contribution in [0.2, 0.25) is 0 Å². The van der Waals surface area contributed by atoms with Crippen molar-refractivity contribution in [3.8, 4) is 0 Å². The van der Waals surface area contributed by atoms with Crippen LogP contribution in [0.4, 0.5) is 0 Å². The van der Waals surface area contributed by atoms with E-state index in [0.717, 1.165) is 19.6 Å². The van der Waals surface area contributed by atoms with Crippen molar-refractivity contribution in [3.05, 3.63) is 48.0 Å². The van der Waals surface area contributed by atoms with Crippen LogP contribution in [0.25, 0.3) is 0 Å². The molecule has 0 aromatic heterocycles. The summed E-state index contributed by atoms with van der Waals surface area (Å²) in [5.41, 5.74) is 4.85. The van der Waals surface area contributed by atoms with Crippen molar-refractivity contribution in [1.29, 1.82) is 0 Å². The molecule has 0 bridgehead atoms. The molecule has 3 heteroatoms. The zero-order valence-corrected chi connectivity index (χ0v) is 11.6. The third kappa shape index (κ3) is 3.70. The Balaban J connectivity index is 2.86. The third-order valence-electron chi connectivity index (χ3n) is 3.27. The fourth-order valence-corrected chi connectivity index (χ4v) is 1.89. The van der Waals surface area contributed by atoms with Gasteiger partial charge in [0.15, 0.2) is 0 Å². The van der Waals surface area contributed by atoms with Crippen LogP contribution in [0.5, 0.6) is 0 Å². The smallest absolute Gasteiger partial charge is 0.265 e. The Morgan fingerprint density at radius 2 is 1.78 bits per heavy atom. The second-order valence-electron chi connectivity index (χ2n) is 4.64. The maximum absolute atomic E-state index is 11.8. The van der Waals surface area contributed by atoms with E-state index in [-0.39, 0.29) is 5.91 Å². The average Bonchev–Trinajstić information content (AvgIpc) is 2.38. The lowest BCUT2D eigenvalue weighted by atomic mass is 10.2. The van der Waals surface area contributed by atoms with E-state index in [2.05, 4.69) is 38.0 Å². The summed E-state index contributed by atoms with van der Waals surface area (Å²) in [4.78, 5) is 11.8. The molecule has 98 valence electrons. The van der Waals surface area contributed by atoms with Gasteiger partial charge >= 0.3 is 0 Å². The van der Waals surface area contributed by atoms with E-state index in [9.17, 15) is 4.79 Å². The first kappa shape index (κ1) is 14.5. The first-order valence-corrected chi connectivity index (χ1v) is 6.41. The Labute approximate surface area is 110 Å². The van der Waals surface area contributed by atoms with E-state index in [1.54, 1.807) is 6.92 Å². The molecule has 18 heavy (non-hydrogen) atoms. The molecule has 0 unspecified atom stereocenters. The summed E-state index contributed by atoms with van der Waals surface area (Å²) in [5.74, 6) is -0.0744. The molecule has 0 fully saturated rings. The van der Waals surface area contributed by atoms with Gasteiger partial charge in [-0.05, 0) is 20.8 Å². The number of carbonyl (C=O) groups is 1. The van der Waals surface area contributed by atoms with Crippen LogP contribution < -0.4 is 5.43 Å². The molecule has 1 aromatic carbocycles. The minimum atomic E-state index is -0.0744. The maximum Gasteiger partial charge on any atom is 0.291 e. The number of nitrogens with one attached hydrogen (secondary N) is 1. The molecule has 1 N–H and O–H groups in total. The lowest BCUT2D eigenvalue weighted by Crippen LogP contribution is -2.59. The predicted molar refractivity (Wildman–Crippen MR) is 74.4 cm³/mol. The topological polar surface area (TPSA) is 29.1 Å². The minimum absolute atomic E-state index is 0.0744. The lowest BCUT2D eigenvalue weighted by molar-refractivity contribution is -0.970. The zero-order valence-electron chi connectivity index (χ0n) is 11.6. The normalized spacial score (nSPS) is 11.1. The molecule has 0 heterocycles. The van der Waals surface area contributed by atoms with Crippen molar-refractivity contribution in [3.63, 3.8) is 0 Å². The van der Waals surface area contributed by atoms with Crippen LogP contribution in [-0.2, 0) is 11.3 Å². The maximum atomic E-state index is 11.8. The highest BCUT2D eigenvalue weighted by molar-refractivity contribution is 5.91. The van der Waals surface area contributed by atoms with E-state index < -0.39 is 0 Å². The zero-order chi connectivity index (χ0) is 13.6. The fourth-order valence-electron chi connectivity index (χ4n) is 1.89. The van der Waals surface area contributed by atoms with Gasteiger partial charge in [0.05, 0.1) is 13.1 Å². The Kier molecular flexibility index (Phi) is 5.10. The molecule has 0 aliphatic carbocycles. The van der Waals surface area contributed by atoms with Gasteiger partial charge in [0.2, 0.25) is 0 Å². The van der Waals surface area contributed by atoms with Gasteiger partial charge in [-0.1, -0.05) is 36.9 Å². The summed E-state index contributed by atoms with van der Waals surface area (Å²) >= 11 is 0. The summed E-state index contributed by atoms with van der Waals surface area (Å²) in [6.45, 7) is 12.1. The van der Waals surface area contributed by atoms with Gasteiger partial charge in [0.25, 0.3) is 5.91 Å². The van der Waals surface area contributed by atoms with Crippen LogP contribution >= 0.6 is 0 Å². The number of quaternary nitrogens is 1. The quantitative estimate of drug-likeness (QED) is 0.467. The molecular weight excluding hydrogens is 224 g/mol. The summed E-state index contributed by atoms with van der Waals surface area (Å²) in [7, 11) is 0. The van der Waals surface area contributed by atoms with Gasteiger partial charge < -0.3 is 0 Å². The van der Waals surface area contributed by atoms with Crippen molar-refractivity contribution in [1.82, 2.24) is 5.43 Å². The lowest BCUT2D eigenvalue weighted by Gasteiger charge is -2.35. The van der Waals surface area contributed by atoms with E-state index >= 15 is 0 Å². The second kappa shape index (κ2) is 6.36. The Hall–Kier alpha value is -1.61. The fraction of sp³-hybridized carbons (Fsp3) is 0.400. The van der Waals surface area contributed by atoms with E-state index in [0.29, 0.717) is 10.2 Å². The summed E-state index contributed by atoms with van der Waals surface area (Å²) < 4.78 is 0.551. The van der Waals surface area contributed by atoms with Crippen LogP contribution in [-0.4, -0.2) is 23.6 Å². The molecule has 0 aliphatic rings. The van der Waals surface area contributed by atoms with Gasteiger partial charge in [-0.15, -0.1) is 0 Å². The summed E-state index contributed by atoms with van der Waals surface area (Å²) in [6, 6.07) is 10.2. The predicted octanol–water partition coefficient (Wildman–Crippen LogP) is 2.65. The van der Waals surface area contributed by atoms with Crippen molar-refractivity contribution in [2.75, 3.05) is 13.1 Å². The summed E-state index contributed by atoms with van der Waals surface area (Å²) in [5, 5.41) is 0. The monoisotopic (exact) mass is 247 g/mol. The molecular formula is C15H23N2O+. The van der Waals surface area contributed by atoms with Crippen molar-refractivity contribution < 1.29 is 9.39 Å². The van der Waals surface area contributed by atoms with Gasteiger partial charge in [-0.2, -0.15) is 5.43 Å². The van der Waals surface area contributed by atoms with Crippen LogP contribution in [0, 0.1) is 0 Å². The molecule has 1 rings (SSSR count). The van der Waals surface area contributed by atoms with Crippen LogP contribution in [0.3, 0.4) is 0 Å². The van der Waals surface area contributed by atoms with Gasteiger partial charge in [0, 0.05) is 11.1 Å². The van der Waals surface area contributed by atoms with Crippen LogP contribution in [0.15, 0.2) is 42.5 Å². The summed E-state index contributed by atoms with van der Waals surface area (Å²) in [6.07, 6.45) is 0. The van der Waals surface area contributed by atoms with Gasteiger partial charge in [0.1, 0.15) is 6.54 Å². The van der Waals surface area contributed by atoms with Crippen LogP contribution in [0.1, 0.15) is 26.3 Å². The van der Waals surface area contributed by atoms with E-state index in [1.807, 2.05) is 18.2 Å². The van der Waals surface area contributed by atoms with Crippen molar-refractivity contribution in [2.45, 2.75) is 27.3 Å². The van der Waals surface area contributed by atoms with Crippen molar-refractivity contribution in [2.24, 2.45) is 0 Å². The standard InChI is InChI=1S/C15H22N2O/c1-5-17(6-2,16-15(18)13(3)4)12-14-10-8-7-9-11-14/h7-11H,3,5-6,12H2,1-2,4H3/p+1. The SMILES string of the molecule is C=C(C)C(=O)N[N+](CC)(CC)Cc1ccccc1. The number of benzene rings is 1. The molecule has 1 amide bonds. The highest BCUT2D eigenvalue weighted by atomic mass is 16.2. The Morgan fingerprint density at radius 1 is 1.22 bits per heavy atom. The molecule has 0 saturated carbocycles. The minimum Gasteiger partial charge on any atom is -0.265 e. The molecule has 0 aliphatic heterocycles. The molecule has 0 atom stereocenters. The highest BCUT2D eigenvalue weighted by Gasteiger charge is 2.26. The van der Waals surface area contributed by atoms with Gasteiger partial charge in [-0.25, -0.2) is 4.59 Å². The largest absolute Gasteiger partial charge is 0.291 e. The number of nitrogens with zero attached hydrogens (tertiary/aromatic N) is 1.